The van der Waals surface area contributed by atoms with Gasteiger partial charge in [-0.15, -0.1) is 0 Å². The molecule has 2 heterocycles. The highest BCUT2D eigenvalue weighted by molar-refractivity contribution is 9.10. The molecule has 0 unspecified atom stereocenters. The number of amides is 1. The number of aromatic nitrogens is 2. The van der Waals surface area contributed by atoms with Crippen LogP contribution in [0.2, 0.25) is 5.02 Å². The van der Waals surface area contributed by atoms with E-state index in [1.807, 2.05) is 0 Å². The van der Waals surface area contributed by atoms with Gasteiger partial charge in [-0.1, -0.05) is 11.6 Å². The minimum absolute atomic E-state index is 0.313. The van der Waals surface area contributed by atoms with Crippen molar-refractivity contribution in [3.8, 4) is 0 Å². The van der Waals surface area contributed by atoms with Gasteiger partial charge in [0.05, 0.1) is 10.6 Å². The van der Waals surface area contributed by atoms with Crippen molar-refractivity contribution in [1.82, 2.24) is 9.97 Å². The van der Waals surface area contributed by atoms with Crippen molar-refractivity contribution in [3.05, 3.63) is 45.7 Å². The second kappa shape index (κ2) is 5.99. The summed E-state index contributed by atoms with van der Waals surface area (Å²) < 4.78 is 0.841. The Hall–Kier alpha value is -1.66. The minimum Gasteiger partial charge on any atom is -0.372 e. The maximum Gasteiger partial charge on any atom is 0.258 e. The fourth-order valence-corrected chi connectivity index (χ4v) is 1.88. The van der Waals surface area contributed by atoms with Crippen molar-refractivity contribution < 1.29 is 4.79 Å². The molecular formula is C12H10BrClN4O. The molecule has 0 bridgehead atoms. The van der Waals surface area contributed by atoms with E-state index in [1.54, 1.807) is 31.4 Å². The molecule has 0 saturated heterocycles. The Labute approximate surface area is 123 Å². The third-order valence-electron chi connectivity index (χ3n) is 2.31. The molecule has 0 spiro atoms. The van der Waals surface area contributed by atoms with Crippen LogP contribution < -0.4 is 10.6 Å². The lowest BCUT2D eigenvalue weighted by atomic mass is 10.2. The van der Waals surface area contributed by atoms with Gasteiger partial charge in [0, 0.05) is 23.9 Å². The van der Waals surface area contributed by atoms with Crippen molar-refractivity contribution in [2.45, 2.75) is 0 Å². The molecule has 0 aromatic carbocycles. The SMILES string of the molecule is CNc1ncc(C(=O)Nc2ccc(Br)cn2)cc1Cl. The Balaban J connectivity index is 2.16. The monoisotopic (exact) mass is 340 g/mol. The van der Waals surface area contributed by atoms with Gasteiger partial charge in [-0.2, -0.15) is 0 Å². The van der Waals surface area contributed by atoms with Crippen LogP contribution in [0.15, 0.2) is 35.1 Å². The predicted octanol–water partition coefficient (Wildman–Crippen LogP) is 3.19. The Kier molecular flexibility index (Phi) is 4.34. The van der Waals surface area contributed by atoms with E-state index in [9.17, 15) is 4.79 Å². The molecule has 0 aliphatic carbocycles. The Morgan fingerprint density at radius 2 is 2.11 bits per heavy atom. The van der Waals surface area contributed by atoms with E-state index in [-0.39, 0.29) is 5.91 Å². The number of nitrogens with zero attached hydrogens (tertiary/aromatic N) is 2. The topological polar surface area (TPSA) is 66.9 Å². The fraction of sp³-hybridized carbons (Fsp3) is 0.0833. The zero-order valence-corrected chi connectivity index (χ0v) is 12.3. The first-order valence-corrected chi connectivity index (χ1v) is 6.53. The van der Waals surface area contributed by atoms with Gasteiger partial charge in [0.25, 0.3) is 5.91 Å². The summed E-state index contributed by atoms with van der Waals surface area (Å²) in [7, 11) is 1.71. The minimum atomic E-state index is -0.313. The number of hydrogen-bond acceptors (Lipinski definition) is 4. The molecule has 2 aromatic heterocycles. The van der Waals surface area contributed by atoms with E-state index >= 15 is 0 Å². The molecule has 5 nitrogen and oxygen atoms in total. The smallest absolute Gasteiger partial charge is 0.258 e. The highest BCUT2D eigenvalue weighted by Gasteiger charge is 2.10. The zero-order valence-electron chi connectivity index (χ0n) is 9.95. The molecule has 0 atom stereocenters. The van der Waals surface area contributed by atoms with E-state index in [0.717, 1.165) is 4.47 Å². The van der Waals surface area contributed by atoms with Gasteiger partial charge in [0.1, 0.15) is 11.6 Å². The van der Waals surface area contributed by atoms with Crippen LogP contribution in [0, 0.1) is 0 Å². The molecule has 0 radical (unpaired) electrons. The molecule has 0 aliphatic rings. The quantitative estimate of drug-likeness (QED) is 0.900. The second-order valence-electron chi connectivity index (χ2n) is 3.62. The summed E-state index contributed by atoms with van der Waals surface area (Å²) in [5, 5.41) is 5.87. The molecule has 0 fully saturated rings. The number of rotatable bonds is 3. The van der Waals surface area contributed by atoms with E-state index in [4.69, 9.17) is 11.6 Å². The standard InChI is InChI=1S/C12H10BrClN4O/c1-15-11-9(14)4-7(5-17-11)12(19)18-10-3-2-8(13)6-16-10/h2-6H,1H3,(H,15,17)(H,16,18,19). The van der Waals surface area contributed by atoms with Gasteiger partial charge < -0.3 is 10.6 Å². The van der Waals surface area contributed by atoms with Gasteiger partial charge in [-0.3, -0.25) is 4.79 Å². The van der Waals surface area contributed by atoms with Crippen molar-refractivity contribution in [2.24, 2.45) is 0 Å². The van der Waals surface area contributed by atoms with Gasteiger partial charge in [-0.25, -0.2) is 9.97 Å². The third-order valence-corrected chi connectivity index (χ3v) is 3.07. The maximum absolute atomic E-state index is 12.0. The molecular weight excluding hydrogens is 332 g/mol. The van der Waals surface area contributed by atoms with Crippen LogP contribution in [-0.4, -0.2) is 22.9 Å². The van der Waals surface area contributed by atoms with Crippen molar-refractivity contribution >= 4 is 45.1 Å². The van der Waals surface area contributed by atoms with E-state index < -0.39 is 0 Å². The molecule has 1 amide bonds. The summed E-state index contributed by atoms with van der Waals surface area (Å²) in [5.74, 6) is 0.675. The molecule has 0 aliphatic heterocycles. The highest BCUT2D eigenvalue weighted by Crippen LogP contribution is 2.20. The van der Waals surface area contributed by atoms with Crippen LogP contribution in [0.5, 0.6) is 0 Å². The largest absolute Gasteiger partial charge is 0.372 e. The van der Waals surface area contributed by atoms with Gasteiger partial charge in [-0.05, 0) is 34.1 Å². The Morgan fingerprint density at radius 1 is 1.32 bits per heavy atom. The number of carbonyl (C=O) groups is 1. The first-order chi connectivity index (χ1) is 9.10. The first-order valence-electron chi connectivity index (χ1n) is 5.36. The van der Waals surface area contributed by atoms with Crippen LogP contribution in [0.3, 0.4) is 0 Å². The summed E-state index contributed by atoms with van der Waals surface area (Å²) >= 11 is 9.24. The maximum atomic E-state index is 12.0. The highest BCUT2D eigenvalue weighted by atomic mass is 79.9. The average molecular weight is 342 g/mol. The average Bonchev–Trinajstić information content (AvgIpc) is 2.41. The Bertz CT molecular complexity index is 603. The summed E-state index contributed by atoms with van der Waals surface area (Å²) in [5.41, 5.74) is 0.369. The lowest BCUT2D eigenvalue weighted by Gasteiger charge is -2.06. The van der Waals surface area contributed by atoms with Crippen LogP contribution >= 0.6 is 27.5 Å². The molecule has 2 rings (SSSR count). The summed E-state index contributed by atoms with van der Waals surface area (Å²) in [6.07, 6.45) is 3.05. The molecule has 7 heteroatoms. The van der Waals surface area contributed by atoms with Crippen molar-refractivity contribution in [3.63, 3.8) is 0 Å². The van der Waals surface area contributed by atoms with Gasteiger partial charge >= 0.3 is 0 Å². The number of nitrogens with one attached hydrogen (secondary N) is 2. The van der Waals surface area contributed by atoms with Crippen LogP contribution in [-0.2, 0) is 0 Å². The van der Waals surface area contributed by atoms with E-state index in [1.165, 1.54) is 6.20 Å². The molecule has 98 valence electrons. The molecule has 19 heavy (non-hydrogen) atoms. The van der Waals surface area contributed by atoms with Gasteiger partial charge in [0.15, 0.2) is 0 Å². The van der Waals surface area contributed by atoms with Crippen molar-refractivity contribution in [1.29, 1.82) is 0 Å². The van der Waals surface area contributed by atoms with Gasteiger partial charge in [0.2, 0.25) is 0 Å². The molecule has 2 N–H and O–H groups in total. The number of anilines is 2. The molecule has 0 saturated carbocycles. The lowest BCUT2D eigenvalue weighted by molar-refractivity contribution is 0.102. The Morgan fingerprint density at radius 3 is 2.68 bits per heavy atom. The first kappa shape index (κ1) is 13.8. The number of carbonyl (C=O) groups excluding carboxylic acids is 1. The summed E-state index contributed by atoms with van der Waals surface area (Å²) in [4.78, 5) is 20.1. The van der Waals surface area contributed by atoms with Crippen LogP contribution in [0.4, 0.5) is 11.6 Å². The normalized spacial score (nSPS) is 10.1. The number of halogens is 2. The fourth-order valence-electron chi connectivity index (χ4n) is 1.38. The molecule has 2 aromatic rings. The lowest BCUT2D eigenvalue weighted by Crippen LogP contribution is -2.13. The number of pyridine rings is 2. The van der Waals surface area contributed by atoms with Crippen LogP contribution in [0.25, 0.3) is 0 Å². The van der Waals surface area contributed by atoms with E-state index in [0.29, 0.717) is 22.2 Å². The van der Waals surface area contributed by atoms with Crippen molar-refractivity contribution in [2.75, 3.05) is 17.7 Å². The summed E-state index contributed by atoms with van der Waals surface area (Å²) in [6, 6.07) is 5.03. The second-order valence-corrected chi connectivity index (χ2v) is 4.94. The number of hydrogen-bond donors (Lipinski definition) is 2. The third kappa shape index (κ3) is 3.42. The van der Waals surface area contributed by atoms with E-state index in [2.05, 4.69) is 36.5 Å². The zero-order chi connectivity index (χ0) is 13.8. The summed E-state index contributed by atoms with van der Waals surface area (Å²) in [6.45, 7) is 0. The van der Waals surface area contributed by atoms with Crippen LogP contribution in [0.1, 0.15) is 10.4 Å². The predicted molar refractivity (Wildman–Crippen MR) is 78.7 cm³/mol.